The lowest BCUT2D eigenvalue weighted by atomic mass is 10.4. The van der Waals surface area contributed by atoms with E-state index in [1.54, 1.807) is 18.3 Å². The van der Waals surface area contributed by atoms with Gasteiger partial charge in [-0.1, -0.05) is 12.2 Å². The quantitative estimate of drug-likeness (QED) is 0.550. The third kappa shape index (κ3) is 5.02. The third-order valence-corrected chi connectivity index (χ3v) is 1.68. The number of hydrogen-bond acceptors (Lipinski definition) is 4. The van der Waals surface area contributed by atoms with Crippen LogP contribution in [0, 0.1) is 0 Å². The van der Waals surface area contributed by atoms with Crippen LogP contribution in [0.1, 0.15) is 6.92 Å². The summed E-state index contributed by atoms with van der Waals surface area (Å²) in [7, 11) is 0. The molecule has 3 N–H and O–H groups in total. The molecule has 0 atom stereocenters. The molecule has 0 aromatic carbocycles. The van der Waals surface area contributed by atoms with E-state index in [1.165, 1.54) is 0 Å². The predicted molar refractivity (Wildman–Crippen MR) is 62.8 cm³/mol. The average molecular weight is 207 g/mol. The Labute approximate surface area is 90.2 Å². The highest BCUT2D eigenvalue weighted by atomic mass is 16.5. The van der Waals surface area contributed by atoms with E-state index in [2.05, 4.69) is 16.9 Å². The van der Waals surface area contributed by atoms with Gasteiger partial charge < -0.3 is 15.8 Å². The summed E-state index contributed by atoms with van der Waals surface area (Å²) < 4.78 is 5.33. The maximum atomic E-state index is 5.61. The van der Waals surface area contributed by atoms with Gasteiger partial charge in [0.05, 0.1) is 13.2 Å². The molecule has 1 heterocycles. The zero-order chi connectivity index (χ0) is 11.1. The largest absolute Gasteiger partial charge is 0.399 e. The van der Waals surface area contributed by atoms with Crippen LogP contribution >= 0.6 is 0 Å². The van der Waals surface area contributed by atoms with E-state index >= 15 is 0 Å². The van der Waals surface area contributed by atoms with Crippen LogP contribution in [-0.2, 0) is 4.74 Å². The van der Waals surface area contributed by atoms with Gasteiger partial charge in [0.1, 0.15) is 5.82 Å². The van der Waals surface area contributed by atoms with E-state index in [4.69, 9.17) is 10.5 Å². The molecule has 0 aliphatic carbocycles. The molecule has 0 fully saturated rings. The number of rotatable bonds is 6. The molecule has 0 amide bonds. The topological polar surface area (TPSA) is 60.2 Å². The monoisotopic (exact) mass is 207 g/mol. The minimum absolute atomic E-state index is 0.603. The van der Waals surface area contributed by atoms with Crippen molar-refractivity contribution in [2.24, 2.45) is 0 Å². The van der Waals surface area contributed by atoms with Crippen molar-refractivity contribution in [1.82, 2.24) is 4.98 Å². The molecule has 4 heteroatoms. The van der Waals surface area contributed by atoms with Gasteiger partial charge in [0, 0.05) is 24.5 Å². The van der Waals surface area contributed by atoms with E-state index in [0.717, 1.165) is 11.4 Å². The molecule has 0 saturated heterocycles. The zero-order valence-corrected chi connectivity index (χ0v) is 8.99. The van der Waals surface area contributed by atoms with Crippen LogP contribution in [0.25, 0.3) is 0 Å². The van der Waals surface area contributed by atoms with Gasteiger partial charge in [-0.05, 0) is 13.0 Å². The van der Waals surface area contributed by atoms with Gasteiger partial charge in [0.2, 0.25) is 0 Å². The Hall–Kier alpha value is -1.55. The van der Waals surface area contributed by atoms with Crippen molar-refractivity contribution in [2.75, 3.05) is 30.8 Å². The van der Waals surface area contributed by atoms with Crippen molar-refractivity contribution in [3.05, 3.63) is 30.5 Å². The molecule has 0 aliphatic heterocycles. The van der Waals surface area contributed by atoms with Gasteiger partial charge in [0.15, 0.2) is 0 Å². The Morgan fingerprint density at radius 3 is 3.13 bits per heavy atom. The molecule has 15 heavy (non-hydrogen) atoms. The van der Waals surface area contributed by atoms with Gasteiger partial charge in [-0.3, -0.25) is 0 Å². The second kappa shape index (κ2) is 6.03. The van der Waals surface area contributed by atoms with Crippen LogP contribution < -0.4 is 11.1 Å². The number of hydrogen-bond donors (Lipinski definition) is 2. The van der Waals surface area contributed by atoms with E-state index in [0.29, 0.717) is 25.4 Å². The Balaban J connectivity index is 2.17. The molecule has 0 spiro atoms. The molecule has 0 saturated carbocycles. The number of nitrogens with one attached hydrogen (secondary N) is 1. The molecule has 0 unspecified atom stereocenters. The van der Waals surface area contributed by atoms with Crippen LogP contribution in [0.3, 0.4) is 0 Å². The molecule has 4 nitrogen and oxygen atoms in total. The van der Waals surface area contributed by atoms with Crippen LogP contribution in [0.4, 0.5) is 11.5 Å². The molecule has 0 radical (unpaired) electrons. The van der Waals surface area contributed by atoms with Crippen molar-refractivity contribution < 1.29 is 4.74 Å². The van der Waals surface area contributed by atoms with Crippen molar-refractivity contribution in [3.63, 3.8) is 0 Å². The van der Waals surface area contributed by atoms with E-state index in [-0.39, 0.29) is 0 Å². The second-order valence-corrected chi connectivity index (χ2v) is 3.41. The Morgan fingerprint density at radius 1 is 1.67 bits per heavy atom. The SMILES string of the molecule is C=C(C)COCCNc1cc(N)ccn1. The summed E-state index contributed by atoms with van der Waals surface area (Å²) in [5.74, 6) is 0.772. The van der Waals surface area contributed by atoms with Gasteiger partial charge >= 0.3 is 0 Å². The van der Waals surface area contributed by atoms with Crippen LogP contribution in [0.15, 0.2) is 30.5 Å². The normalized spacial score (nSPS) is 9.93. The fourth-order valence-corrected chi connectivity index (χ4v) is 1.04. The number of nitrogen functional groups attached to an aromatic ring is 1. The molecule has 0 bridgehead atoms. The standard InChI is InChI=1S/C11H17N3O/c1-9(2)8-15-6-5-14-11-7-10(12)3-4-13-11/h3-4,7H,1,5-6,8H2,2H3,(H3,12,13,14). The highest BCUT2D eigenvalue weighted by molar-refractivity contribution is 5.48. The fourth-order valence-electron chi connectivity index (χ4n) is 1.04. The lowest BCUT2D eigenvalue weighted by Crippen LogP contribution is -2.11. The van der Waals surface area contributed by atoms with Gasteiger partial charge in [-0.15, -0.1) is 0 Å². The number of nitrogens with two attached hydrogens (primary N) is 1. The highest BCUT2D eigenvalue weighted by Crippen LogP contribution is 2.06. The minimum atomic E-state index is 0.603. The lowest BCUT2D eigenvalue weighted by molar-refractivity contribution is 0.167. The summed E-state index contributed by atoms with van der Waals surface area (Å²) in [5.41, 5.74) is 7.33. The Kier molecular flexibility index (Phi) is 4.63. The number of nitrogens with zero attached hydrogens (tertiary/aromatic N) is 1. The first-order chi connectivity index (χ1) is 7.18. The summed E-state index contributed by atoms with van der Waals surface area (Å²) in [4.78, 5) is 4.11. The van der Waals surface area contributed by atoms with Crippen molar-refractivity contribution in [3.8, 4) is 0 Å². The van der Waals surface area contributed by atoms with Gasteiger partial charge in [-0.2, -0.15) is 0 Å². The van der Waals surface area contributed by atoms with Crippen LogP contribution in [0.5, 0.6) is 0 Å². The van der Waals surface area contributed by atoms with E-state index < -0.39 is 0 Å². The molecule has 1 rings (SSSR count). The molecule has 82 valence electrons. The molecule has 0 aliphatic rings. The Morgan fingerprint density at radius 2 is 2.47 bits per heavy atom. The summed E-state index contributed by atoms with van der Waals surface area (Å²) in [6.45, 7) is 7.63. The average Bonchev–Trinajstić information content (AvgIpc) is 2.17. The molecular weight excluding hydrogens is 190 g/mol. The number of ether oxygens (including phenoxy) is 1. The summed E-state index contributed by atoms with van der Waals surface area (Å²) in [5, 5.41) is 3.11. The molecular formula is C11H17N3O. The third-order valence-electron chi connectivity index (χ3n) is 1.68. The highest BCUT2D eigenvalue weighted by Gasteiger charge is 1.93. The lowest BCUT2D eigenvalue weighted by Gasteiger charge is -2.06. The van der Waals surface area contributed by atoms with Crippen molar-refractivity contribution in [2.45, 2.75) is 6.92 Å². The van der Waals surface area contributed by atoms with Gasteiger partial charge in [-0.25, -0.2) is 4.98 Å². The second-order valence-electron chi connectivity index (χ2n) is 3.41. The predicted octanol–water partition coefficient (Wildman–Crippen LogP) is 1.67. The van der Waals surface area contributed by atoms with E-state index in [9.17, 15) is 0 Å². The molecule has 1 aromatic rings. The van der Waals surface area contributed by atoms with Gasteiger partial charge in [0.25, 0.3) is 0 Å². The first kappa shape index (κ1) is 11.5. The summed E-state index contributed by atoms with van der Waals surface area (Å²) >= 11 is 0. The minimum Gasteiger partial charge on any atom is -0.399 e. The maximum absolute atomic E-state index is 5.61. The van der Waals surface area contributed by atoms with Crippen molar-refractivity contribution >= 4 is 11.5 Å². The first-order valence-electron chi connectivity index (χ1n) is 4.86. The Bertz CT molecular complexity index is 325. The first-order valence-corrected chi connectivity index (χ1v) is 4.86. The smallest absolute Gasteiger partial charge is 0.128 e. The summed E-state index contributed by atoms with van der Waals surface area (Å²) in [6, 6.07) is 3.54. The number of anilines is 2. The summed E-state index contributed by atoms with van der Waals surface area (Å²) in [6.07, 6.45) is 1.67. The zero-order valence-electron chi connectivity index (χ0n) is 8.99. The number of aromatic nitrogens is 1. The van der Waals surface area contributed by atoms with Crippen molar-refractivity contribution in [1.29, 1.82) is 0 Å². The fraction of sp³-hybridized carbons (Fsp3) is 0.364. The van der Waals surface area contributed by atoms with E-state index in [1.807, 2.05) is 6.92 Å². The maximum Gasteiger partial charge on any atom is 0.128 e. The van der Waals surface area contributed by atoms with Crippen LogP contribution in [-0.4, -0.2) is 24.7 Å². The number of pyridine rings is 1. The van der Waals surface area contributed by atoms with Crippen LogP contribution in [0.2, 0.25) is 0 Å². The molecule has 1 aromatic heterocycles.